The Bertz CT molecular complexity index is 1560. The van der Waals surface area contributed by atoms with E-state index in [-0.39, 0.29) is 33.7 Å². The van der Waals surface area contributed by atoms with Gasteiger partial charge >= 0.3 is 7.82 Å². The second kappa shape index (κ2) is 11.4. The number of nitrogens with one attached hydrogen (secondary N) is 1. The molecule has 0 saturated carbocycles. The normalized spacial score (nSPS) is 15.4. The Hall–Kier alpha value is -4.00. The van der Waals surface area contributed by atoms with Crippen LogP contribution in [0.2, 0.25) is 5.02 Å². The van der Waals surface area contributed by atoms with E-state index in [1.54, 1.807) is 0 Å². The molecule has 0 radical (unpaired) electrons. The molecule has 1 unspecified atom stereocenters. The van der Waals surface area contributed by atoms with E-state index in [4.69, 9.17) is 31.9 Å². The summed E-state index contributed by atoms with van der Waals surface area (Å²) in [4.78, 5) is 52.3. The largest absolute Gasteiger partial charge is 0.469 e. The summed E-state index contributed by atoms with van der Waals surface area (Å²) in [6.07, 6.45) is 2.46. The number of Topliss-reactive ketones (excluding diaryl/α,β-unsaturated/α-hetero) is 1. The van der Waals surface area contributed by atoms with E-state index in [0.717, 1.165) is 24.4 Å². The van der Waals surface area contributed by atoms with Crippen molar-refractivity contribution < 1.29 is 42.0 Å². The molecule has 5 N–H and O–H groups in total. The quantitative estimate of drug-likeness (QED) is 0.226. The monoisotopic (exact) mass is 578 g/mol. The van der Waals surface area contributed by atoms with Gasteiger partial charge in [0.1, 0.15) is 28.8 Å². The van der Waals surface area contributed by atoms with Crippen LogP contribution in [0.4, 0.5) is 20.3 Å². The number of phosphoric acid groups is 1. The number of phosphoric ester groups is 1. The summed E-state index contributed by atoms with van der Waals surface area (Å²) in [5.74, 6) is -4.65. The van der Waals surface area contributed by atoms with Crippen LogP contribution in [0, 0.1) is 11.6 Å². The molecule has 3 aromatic rings. The van der Waals surface area contributed by atoms with Gasteiger partial charge in [-0.1, -0.05) is 23.7 Å². The number of hydrogen-bond acceptors (Lipinski definition) is 8. The number of hydrogen-bond donors (Lipinski definition) is 4. The summed E-state index contributed by atoms with van der Waals surface area (Å²) in [5, 5.41) is 2.32. The predicted molar refractivity (Wildman–Crippen MR) is 136 cm³/mol. The summed E-state index contributed by atoms with van der Waals surface area (Å²) >= 11 is 6.01. The highest BCUT2D eigenvalue weighted by Gasteiger charge is 2.34. The summed E-state index contributed by atoms with van der Waals surface area (Å²) in [6, 6.07) is 9.63. The molecule has 0 fully saturated rings. The third-order valence-corrected chi connectivity index (χ3v) is 6.16. The summed E-state index contributed by atoms with van der Waals surface area (Å²) in [7, 11) is -4.98. The molecule has 0 aliphatic carbocycles. The third kappa shape index (κ3) is 6.72. The van der Waals surface area contributed by atoms with Gasteiger partial charge in [-0.3, -0.25) is 19.1 Å². The van der Waals surface area contributed by atoms with Gasteiger partial charge in [-0.15, -0.1) is 0 Å². The number of anilines is 2. The van der Waals surface area contributed by atoms with Gasteiger partial charge in [0.05, 0.1) is 11.6 Å². The first-order valence-corrected chi connectivity index (χ1v) is 12.8. The number of amides is 1. The van der Waals surface area contributed by atoms with E-state index >= 15 is 0 Å². The number of ketones is 1. The molecule has 4 rings (SSSR count). The number of aliphatic imine (C=N–C) groups is 1. The Kier molecular flexibility index (Phi) is 8.19. The van der Waals surface area contributed by atoms with E-state index in [0.29, 0.717) is 5.56 Å². The van der Waals surface area contributed by atoms with Crippen LogP contribution in [0.1, 0.15) is 11.5 Å². The van der Waals surface area contributed by atoms with Gasteiger partial charge in [0.2, 0.25) is 0 Å². The first-order valence-electron chi connectivity index (χ1n) is 10.9. The molecule has 1 atom stereocenters. The minimum Gasteiger partial charge on any atom is -0.453 e. The Labute approximate surface area is 224 Å². The maximum atomic E-state index is 14.8. The number of halogens is 3. The van der Waals surface area contributed by atoms with Gasteiger partial charge in [0, 0.05) is 30.2 Å². The number of pyridine rings is 1. The molecule has 1 aromatic heterocycles. The van der Waals surface area contributed by atoms with Crippen LogP contribution < -0.4 is 15.8 Å². The molecule has 1 aliphatic rings. The Morgan fingerprint density at radius 2 is 1.85 bits per heavy atom. The van der Waals surface area contributed by atoms with Crippen LogP contribution in [0.3, 0.4) is 0 Å². The molecule has 0 bridgehead atoms. The lowest BCUT2D eigenvalue weighted by Gasteiger charge is -2.21. The van der Waals surface area contributed by atoms with Crippen LogP contribution in [0.15, 0.2) is 71.0 Å². The average molecular weight is 579 g/mol. The molecule has 202 valence electrons. The van der Waals surface area contributed by atoms with Crippen molar-refractivity contribution in [2.45, 2.75) is 5.92 Å². The number of rotatable bonds is 8. The number of carbonyl (C=O) groups excluding carboxylic acids is 2. The fraction of sp³-hybridized carbons (Fsp3) is 0.0833. The number of nitrogen functional groups attached to an aromatic ring is 1. The number of nitrogens with zero attached hydrogens (tertiary/aromatic N) is 2. The first-order chi connectivity index (χ1) is 18.4. The SMILES string of the molecule is Nc1nccc(Oc2ccc(NC(=O)C3=C(COP(=O)(O)O)N=CC(c4ccc(F)cc4)C3=O)cc2F)c1Cl. The van der Waals surface area contributed by atoms with Gasteiger partial charge in [-0.05, 0) is 29.8 Å². The van der Waals surface area contributed by atoms with Gasteiger partial charge in [0.15, 0.2) is 23.1 Å². The number of aromatic nitrogens is 1. The number of nitrogens with two attached hydrogens (primary N) is 1. The molecule has 2 heterocycles. The van der Waals surface area contributed by atoms with E-state index in [1.165, 1.54) is 36.5 Å². The zero-order chi connectivity index (χ0) is 28.3. The van der Waals surface area contributed by atoms with E-state index in [9.17, 15) is 22.9 Å². The van der Waals surface area contributed by atoms with Gasteiger partial charge in [-0.2, -0.15) is 0 Å². The van der Waals surface area contributed by atoms with Crippen LogP contribution in [-0.2, 0) is 18.7 Å². The summed E-state index contributed by atoms with van der Waals surface area (Å²) < 4.78 is 49.2. The smallest absolute Gasteiger partial charge is 0.453 e. The first kappa shape index (κ1) is 28.0. The Morgan fingerprint density at radius 3 is 2.51 bits per heavy atom. The standard InChI is InChI=1S/C24H18ClF2N4O7P/c25-21-19(7-8-29-23(21)28)38-18-6-5-14(9-16(18)27)31-24(33)20-17(11-37-39(34,35)36)30-10-15(22(20)32)12-1-3-13(26)4-2-12/h1-10,15H,11H2,(H2,28,29)(H,31,33)(H2,34,35,36). The molecule has 2 aromatic carbocycles. The van der Waals surface area contributed by atoms with Crippen LogP contribution in [0.5, 0.6) is 11.5 Å². The van der Waals surface area contributed by atoms with Crippen molar-refractivity contribution >= 4 is 48.8 Å². The topological polar surface area (TPSA) is 173 Å². The lowest BCUT2D eigenvalue weighted by atomic mass is 9.88. The van der Waals surface area contributed by atoms with Crippen molar-refractivity contribution in [2.75, 3.05) is 17.7 Å². The van der Waals surface area contributed by atoms with Crippen molar-refractivity contribution in [3.05, 3.63) is 88.2 Å². The van der Waals surface area contributed by atoms with Crippen LogP contribution in [-0.4, -0.2) is 39.3 Å². The fourth-order valence-corrected chi connectivity index (χ4v) is 3.93. The zero-order valence-electron chi connectivity index (χ0n) is 19.5. The lowest BCUT2D eigenvalue weighted by molar-refractivity contribution is -0.120. The van der Waals surface area contributed by atoms with E-state index in [2.05, 4.69) is 19.8 Å². The number of ether oxygens (including phenoxy) is 1. The molecule has 15 heteroatoms. The van der Waals surface area contributed by atoms with E-state index in [1.807, 2.05) is 0 Å². The number of carbonyl (C=O) groups is 2. The van der Waals surface area contributed by atoms with Gasteiger partial charge in [0.25, 0.3) is 5.91 Å². The average Bonchev–Trinajstić information content (AvgIpc) is 2.87. The Morgan fingerprint density at radius 1 is 1.13 bits per heavy atom. The maximum Gasteiger partial charge on any atom is 0.469 e. The highest BCUT2D eigenvalue weighted by Crippen LogP contribution is 2.38. The van der Waals surface area contributed by atoms with Crippen molar-refractivity contribution in [2.24, 2.45) is 4.99 Å². The summed E-state index contributed by atoms with van der Waals surface area (Å²) in [6.45, 7) is -0.873. The minimum absolute atomic E-state index is 0.0241. The molecule has 11 nitrogen and oxygen atoms in total. The van der Waals surface area contributed by atoms with Gasteiger partial charge in [-0.25, -0.2) is 18.3 Å². The van der Waals surface area contributed by atoms with Crippen LogP contribution >= 0.6 is 19.4 Å². The predicted octanol–water partition coefficient (Wildman–Crippen LogP) is 4.13. The second-order valence-corrected chi connectivity index (χ2v) is 9.58. The van der Waals surface area contributed by atoms with Crippen molar-refractivity contribution in [1.29, 1.82) is 0 Å². The maximum absolute atomic E-state index is 14.8. The molecule has 39 heavy (non-hydrogen) atoms. The van der Waals surface area contributed by atoms with Crippen molar-refractivity contribution in [1.82, 2.24) is 4.98 Å². The highest BCUT2D eigenvalue weighted by atomic mass is 35.5. The molecule has 1 aliphatic heterocycles. The van der Waals surface area contributed by atoms with Crippen molar-refractivity contribution in [3.63, 3.8) is 0 Å². The lowest BCUT2D eigenvalue weighted by Crippen LogP contribution is -2.30. The molecule has 0 saturated heterocycles. The highest BCUT2D eigenvalue weighted by molar-refractivity contribution is 7.46. The third-order valence-electron chi connectivity index (χ3n) is 5.31. The molecular weight excluding hydrogens is 561 g/mol. The molecular formula is C24H18ClF2N4O7P. The number of benzene rings is 2. The zero-order valence-corrected chi connectivity index (χ0v) is 21.2. The van der Waals surface area contributed by atoms with Crippen molar-refractivity contribution in [3.8, 4) is 11.5 Å². The minimum atomic E-state index is -4.98. The molecule has 0 spiro atoms. The fourth-order valence-electron chi connectivity index (χ4n) is 3.49. The summed E-state index contributed by atoms with van der Waals surface area (Å²) in [5.41, 5.74) is 4.88. The van der Waals surface area contributed by atoms with Gasteiger partial charge < -0.3 is 25.6 Å². The Balaban J connectivity index is 1.60. The molecule has 1 amide bonds. The van der Waals surface area contributed by atoms with E-state index < -0.39 is 49.2 Å². The second-order valence-electron chi connectivity index (χ2n) is 7.97. The van der Waals surface area contributed by atoms with Crippen LogP contribution in [0.25, 0.3) is 0 Å².